The predicted molar refractivity (Wildman–Crippen MR) is 120 cm³/mol. The van der Waals surface area contributed by atoms with Gasteiger partial charge in [0, 0.05) is 19.3 Å². The maximum Gasteiger partial charge on any atom is 0.249 e. The maximum atomic E-state index is 13.8. The lowest BCUT2D eigenvalue weighted by Gasteiger charge is -2.40. The molecule has 32 heavy (non-hydrogen) atoms. The van der Waals surface area contributed by atoms with Crippen LogP contribution in [0.15, 0.2) is 66.9 Å². The summed E-state index contributed by atoms with van der Waals surface area (Å²) < 4.78 is 20.7. The van der Waals surface area contributed by atoms with Crippen LogP contribution in [-0.4, -0.2) is 47.6 Å². The Bertz CT molecular complexity index is 1120. The van der Waals surface area contributed by atoms with Gasteiger partial charge in [0.2, 0.25) is 11.8 Å². The Balaban J connectivity index is 1.80. The van der Waals surface area contributed by atoms with Crippen LogP contribution in [0.1, 0.15) is 31.1 Å². The highest BCUT2D eigenvalue weighted by Gasteiger charge is 2.37. The first-order valence-corrected chi connectivity index (χ1v) is 10.5. The molecule has 1 unspecified atom stereocenters. The van der Waals surface area contributed by atoms with Crippen molar-refractivity contribution in [3.05, 3.63) is 83.9 Å². The predicted octanol–water partition coefficient (Wildman–Crippen LogP) is 3.94. The molecular weight excluding hydrogens is 409 g/mol. The number of para-hydroxylation sites is 2. The van der Waals surface area contributed by atoms with Crippen molar-refractivity contribution < 1.29 is 18.7 Å². The first-order chi connectivity index (χ1) is 15.4. The minimum Gasteiger partial charge on any atom is -0.375 e. The van der Waals surface area contributed by atoms with Crippen molar-refractivity contribution in [3.8, 4) is 5.69 Å². The molecule has 1 atom stereocenters. The lowest BCUT2D eigenvalue weighted by molar-refractivity contribution is -0.140. The SMILES string of the molecule is COCC(=O)N(CC(=O)N1c2ccccc2-n2cccc2C1c1ccc(F)cc1)C(C)C. The van der Waals surface area contributed by atoms with Gasteiger partial charge in [0.05, 0.1) is 17.1 Å². The van der Waals surface area contributed by atoms with E-state index in [9.17, 15) is 14.0 Å². The van der Waals surface area contributed by atoms with E-state index in [1.807, 2.05) is 61.0 Å². The molecule has 1 aliphatic rings. The monoisotopic (exact) mass is 435 g/mol. The second-order valence-electron chi connectivity index (χ2n) is 8.06. The van der Waals surface area contributed by atoms with E-state index < -0.39 is 6.04 Å². The van der Waals surface area contributed by atoms with Crippen LogP contribution < -0.4 is 4.90 Å². The standard InChI is InChI=1S/C25H26FN3O3/c1-17(2)28(24(31)16-32-3)15-23(30)29-21-8-5-4-7-20(21)27-14-6-9-22(27)25(29)18-10-12-19(26)13-11-18/h4-14,17,25H,15-16H2,1-3H3. The van der Waals surface area contributed by atoms with Crippen LogP contribution in [0.25, 0.3) is 5.69 Å². The van der Waals surface area contributed by atoms with E-state index in [1.165, 1.54) is 24.1 Å². The molecule has 0 spiro atoms. The number of methoxy groups -OCH3 is 1. The number of aromatic nitrogens is 1. The van der Waals surface area contributed by atoms with Gasteiger partial charge >= 0.3 is 0 Å². The molecule has 2 heterocycles. The molecule has 0 saturated heterocycles. The highest BCUT2D eigenvalue weighted by molar-refractivity contribution is 6.00. The fourth-order valence-corrected chi connectivity index (χ4v) is 4.21. The number of anilines is 1. The number of ether oxygens (including phenoxy) is 1. The number of rotatable bonds is 6. The molecule has 0 saturated carbocycles. The number of carbonyl (C=O) groups is 2. The van der Waals surface area contributed by atoms with Crippen molar-refractivity contribution in [2.75, 3.05) is 25.2 Å². The van der Waals surface area contributed by atoms with E-state index in [0.717, 1.165) is 22.6 Å². The van der Waals surface area contributed by atoms with Gasteiger partial charge in [-0.25, -0.2) is 4.39 Å². The number of fused-ring (bicyclic) bond motifs is 3. The Labute approximate surface area is 186 Å². The Hall–Kier alpha value is -3.45. The molecule has 2 aromatic carbocycles. The lowest BCUT2D eigenvalue weighted by Crippen LogP contribution is -2.49. The molecule has 6 nitrogen and oxygen atoms in total. The minimum absolute atomic E-state index is 0.0907. The molecule has 0 aliphatic carbocycles. The molecule has 0 radical (unpaired) electrons. The second kappa shape index (κ2) is 8.96. The van der Waals surface area contributed by atoms with Gasteiger partial charge in [-0.1, -0.05) is 24.3 Å². The number of hydrogen-bond acceptors (Lipinski definition) is 3. The normalized spacial score (nSPS) is 14.8. The topological polar surface area (TPSA) is 54.8 Å². The van der Waals surface area contributed by atoms with Gasteiger partial charge in [-0.15, -0.1) is 0 Å². The van der Waals surface area contributed by atoms with Crippen LogP contribution in [0.2, 0.25) is 0 Å². The molecule has 0 fully saturated rings. The van der Waals surface area contributed by atoms with Crippen molar-refractivity contribution in [1.82, 2.24) is 9.47 Å². The Morgan fingerprint density at radius 2 is 1.72 bits per heavy atom. The van der Waals surface area contributed by atoms with Crippen molar-refractivity contribution in [2.24, 2.45) is 0 Å². The first kappa shape index (κ1) is 21.8. The van der Waals surface area contributed by atoms with E-state index in [-0.39, 0.29) is 36.8 Å². The van der Waals surface area contributed by atoms with E-state index >= 15 is 0 Å². The molecule has 1 aromatic heterocycles. The number of carbonyl (C=O) groups excluding carboxylic acids is 2. The Morgan fingerprint density at radius 3 is 2.38 bits per heavy atom. The number of benzene rings is 2. The average molecular weight is 435 g/mol. The zero-order chi connectivity index (χ0) is 22.8. The van der Waals surface area contributed by atoms with Gasteiger partial charge < -0.3 is 14.2 Å². The number of amides is 2. The molecule has 4 rings (SSSR count). The zero-order valence-electron chi connectivity index (χ0n) is 18.4. The summed E-state index contributed by atoms with van der Waals surface area (Å²) in [4.78, 5) is 29.6. The average Bonchev–Trinajstić information content (AvgIpc) is 3.27. The fourth-order valence-electron chi connectivity index (χ4n) is 4.21. The van der Waals surface area contributed by atoms with Gasteiger partial charge in [-0.05, 0) is 55.8 Å². The molecule has 166 valence electrons. The summed E-state index contributed by atoms with van der Waals surface area (Å²) in [5.74, 6) is -0.811. The highest BCUT2D eigenvalue weighted by Crippen LogP contribution is 2.42. The smallest absolute Gasteiger partial charge is 0.249 e. The first-order valence-electron chi connectivity index (χ1n) is 10.5. The van der Waals surface area contributed by atoms with Gasteiger partial charge in [0.25, 0.3) is 0 Å². The largest absolute Gasteiger partial charge is 0.375 e. The summed E-state index contributed by atoms with van der Waals surface area (Å²) in [6.07, 6.45) is 1.95. The molecule has 1 aliphatic heterocycles. The summed E-state index contributed by atoms with van der Waals surface area (Å²) in [6, 6.07) is 17.1. The Morgan fingerprint density at radius 1 is 1.03 bits per heavy atom. The summed E-state index contributed by atoms with van der Waals surface area (Å²) in [5, 5.41) is 0. The zero-order valence-corrected chi connectivity index (χ0v) is 18.4. The van der Waals surface area contributed by atoms with Gasteiger partial charge in [-0.3, -0.25) is 14.5 Å². The summed E-state index contributed by atoms with van der Waals surface area (Å²) in [5.41, 5.74) is 3.29. The van der Waals surface area contributed by atoms with Gasteiger partial charge in [-0.2, -0.15) is 0 Å². The minimum atomic E-state index is -0.459. The van der Waals surface area contributed by atoms with Crippen LogP contribution in [0.3, 0.4) is 0 Å². The highest BCUT2D eigenvalue weighted by atomic mass is 19.1. The third-order valence-corrected chi connectivity index (χ3v) is 5.69. The van der Waals surface area contributed by atoms with E-state index in [1.54, 1.807) is 17.0 Å². The molecule has 2 amide bonds. The van der Waals surface area contributed by atoms with E-state index in [2.05, 4.69) is 0 Å². The van der Waals surface area contributed by atoms with Crippen LogP contribution in [-0.2, 0) is 14.3 Å². The van der Waals surface area contributed by atoms with Crippen LogP contribution in [0.5, 0.6) is 0 Å². The van der Waals surface area contributed by atoms with Crippen molar-refractivity contribution in [3.63, 3.8) is 0 Å². The molecule has 0 N–H and O–H groups in total. The van der Waals surface area contributed by atoms with Crippen molar-refractivity contribution >= 4 is 17.5 Å². The summed E-state index contributed by atoms with van der Waals surface area (Å²) in [6.45, 7) is 3.56. The van der Waals surface area contributed by atoms with Crippen molar-refractivity contribution in [2.45, 2.75) is 25.9 Å². The lowest BCUT2D eigenvalue weighted by atomic mass is 9.97. The quantitative estimate of drug-likeness (QED) is 0.590. The van der Waals surface area contributed by atoms with Crippen LogP contribution in [0, 0.1) is 5.82 Å². The Kier molecular flexibility index (Phi) is 6.10. The van der Waals surface area contributed by atoms with Crippen LogP contribution in [0.4, 0.5) is 10.1 Å². The maximum absolute atomic E-state index is 13.8. The third kappa shape index (κ3) is 3.91. The molecule has 0 bridgehead atoms. The number of nitrogens with zero attached hydrogens (tertiary/aromatic N) is 3. The molecular formula is C25H26FN3O3. The third-order valence-electron chi connectivity index (χ3n) is 5.69. The van der Waals surface area contributed by atoms with Crippen molar-refractivity contribution in [1.29, 1.82) is 0 Å². The summed E-state index contributed by atoms with van der Waals surface area (Å²) >= 11 is 0. The second-order valence-corrected chi connectivity index (χ2v) is 8.06. The van der Waals surface area contributed by atoms with E-state index in [0.29, 0.717) is 0 Å². The van der Waals surface area contributed by atoms with Crippen LogP contribution >= 0.6 is 0 Å². The molecule has 3 aromatic rings. The fraction of sp³-hybridized carbons (Fsp3) is 0.280. The van der Waals surface area contributed by atoms with Gasteiger partial charge in [0.1, 0.15) is 25.0 Å². The summed E-state index contributed by atoms with van der Waals surface area (Å²) in [7, 11) is 1.46. The molecule has 7 heteroatoms. The number of hydrogen-bond donors (Lipinski definition) is 0. The number of halogens is 1. The van der Waals surface area contributed by atoms with Gasteiger partial charge in [0.15, 0.2) is 0 Å². The van der Waals surface area contributed by atoms with E-state index in [4.69, 9.17) is 4.74 Å².